The third kappa shape index (κ3) is 2.25. The highest BCUT2D eigenvalue weighted by molar-refractivity contribution is 9.10. The van der Waals surface area contributed by atoms with Crippen LogP contribution in [0.4, 0.5) is 10.3 Å². The number of imidazole rings is 1. The molecule has 19 heavy (non-hydrogen) atoms. The summed E-state index contributed by atoms with van der Waals surface area (Å²) in [6.45, 7) is 0. The van der Waals surface area contributed by atoms with Gasteiger partial charge in [-0.3, -0.25) is 0 Å². The summed E-state index contributed by atoms with van der Waals surface area (Å²) in [7, 11) is 0. The Bertz CT molecular complexity index is 628. The Kier molecular flexibility index (Phi) is 3.47. The summed E-state index contributed by atoms with van der Waals surface area (Å²) >= 11 is 5.08. The van der Waals surface area contributed by atoms with Gasteiger partial charge in [0.2, 0.25) is 5.95 Å². The number of nitrogens with zero attached hydrogens (tertiary/aromatic N) is 2. The van der Waals surface area contributed by atoms with Gasteiger partial charge < -0.3 is 10.3 Å². The Morgan fingerprint density at radius 3 is 2.95 bits per heavy atom. The number of nitrogens with two attached hydrogens (primary N) is 1. The normalized spacial score (nSPS) is 23.3. The Hall–Kier alpha value is -0.750. The maximum atomic E-state index is 13.7. The number of fused-ring (bicyclic) bond motifs is 1. The Morgan fingerprint density at radius 1 is 1.47 bits per heavy atom. The molecule has 1 saturated carbocycles. The van der Waals surface area contributed by atoms with Crippen molar-refractivity contribution in [1.29, 1.82) is 0 Å². The molecular weight excluding hydrogens is 329 g/mol. The first-order chi connectivity index (χ1) is 9.10. The molecule has 1 aliphatic rings. The van der Waals surface area contributed by atoms with Gasteiger partial charge in [-0.2, -0.15) is 11.8 Å². The molecule has 0 radical (unpaired) electrons. The molecule has 0 amide bonds. The van der Waals surface area contributed by atoms with Crippen LogP contribution in [0, 0.1) is 5.82 Å². The van der Waals surface area contributed by atoms with Crippen molar-refractivity contribution in [1.82, 2.24) is 9.55 Å². The quantitative estimate of drug-likeness (QED) is 0.896. The molecule has 1 aromatic carbocycles. The minimum atomic E-state index is -0.270. The minimum Gasteiger partial charge on any atom is -0.369 e. The smallest absolute Gasteiger partial charge is 0.201 e. The first kappa shape index (κ1) is 13.2. The second-order valence-electron chi connectivity index (χ2n) is 4.92. The molecule has 3 rings (SSSR count). The molecule has 1 aliphatic carbocycles. The van der Waals surface area contributed by atoms with Crippen LogP contribution in [0.15, 0.2) is 16.6 Å². The van der Waals surface area contributed by atoms with Crippen molar-refractivity contribution in [2.24, 2.45) is 0 Å². The lowest BCUT2D eigenvalue weighted by Crippen LogP contribution is -2.09. The van der Waals surface area contributed by atoms with Crippen molar-refractivity contribution in [3.8, 4) is 0 Å². The number of thioether (sulfide) groups is 1. The largest absolute Gasteiger partial charge is 0.369 e. The Morgan fingerprint density at radius 2 is 2.26 bits per heavy atom. The van der Waals surface area contributed by atoms with Crippen LogP contribution in [-0.4, -0.2) is 21.1 Å². The fraction of sp³-hybridized carbons (Fsp3) is 0.462. The van der Waals surface area contributed by atoms with Crippen LogP contribution in [0.5, 0.6) is 0 Å². The van der Waals surface area contributed by atoms with Gasteiger partial charge in [-0.1, -0.05) is 0 Å². The molecule has 2 atom stereocenters. The molecule has 0 spiro atoms. The zero-order chi connectivity index (χ0) is 13.6. The standard InChI is InChI=1S/C13H15BrFN3S/c1-19-8-3-2-7(4-8)18-12-6-10(15)9(14)5-11(12)17-13(18)16/h5-8H,2-4H2,1H3,(H2,16,17). The topological polar surface area (TPSA) is 43.8 Å². The van der Waals surface area contributed by atoms with Crippen LogP contribution in [0.3, 0.4) is 0 Å². The summed E-state index contributed by atoms with van der Waals surface area (Å²) in [5.74, 6) is 0.215. The summed E-state index contributed by atoms with van der Waals surface area (Å²) in [6.07, 6.45) is 5.48. The van der Waals surface area contributed by atoms with Gasteiger partial charge in [-0.05, 0) is 47.5 Å². The lowest BCUT2D eigenvalue weighted by Gasteiger charge is -2.15. The fourth-order valence-electron chi connectivity index (χ4n) is 2.86. The van der Waals surface area contributed by atoms with Crippen molar-refractivity contribution in [3.05, 3.63) is 22.4 Å². The number of hydrogen-bond donors (Lipinski definition) is 1. The van der Waals surface area contributed by atoms with Gasteiger partial charge in [0.15, 0.2) is 0 Å². The molecule has 2 N–H and O–H groups in total. The van der Waals surface area contributed by atoms with E-state index in [0.29, 0.717) is 21.7 Å². The summed E-state index contributed by atoms with van der Waals surface area (Å²) in [6, 6.07) is 3.55. The van der Waals surface area contributed by atoms with Crippen LogP contribution in [-0.2, 0) is 0 Å². The molecule has 0 saturated heterocycles. The maximum absolute atomic E-state index is 13.7. The monoisotopic (exact) mass is 343 g/mol. The van der Waals surface area contributed by atoms with E-state index in [4.69, 9.17) is 5.73 Å². The Balaban J connectivity index is 2.08. The van der Waals surface area contributed by atoms with Gasteiger partial charge >= 0.3 is 0 Å². The van der Waals surface area contributed by atoms with Crippen molar-refractivity contribution in [3.63, 3.8) is 0 Å². The highest BCUT2D eigenvalue weighted by Gasteiger charge is 2.28. The van der Waals surface area contributed by atoms with Gasteiger partial charge in [-0.25, -0.2) is 9.37 Å². The molecule has 1 aromatic heterocycles. The highest BCUT2D eigenvalue weighted by Crippen LogP contribution is 2.39. The van der Waals surface area contributed by atoms with Crippen LogP contribution < -0.4 is 5.73 Å². The third-order valence-electron chi connectivity index (χ3n) is 3.81. The van der Waals surface area contributed by atoms with Crippen molar-refractivity contribution < 1.29 is 4.39 Å². The summed E-state index contributed by atoms with van der Waals surface area (Å²) < 4.78 is 16.2. The first-order valence-electron chi connectivity index (χ1n) is 6.25. The van der Waals surface area contributed by atoms with Crippen LogP contribution in [0.1, 0.15) is 25.3 Å². The number of rotatable bonds is 2. The van der Waals surface area contributed by atoms with E-state index in [1.807, 2.05) is 16.3 Å². The minimum absolute atomic E-state index is 0.270. The van der Waals surface area contributed by atoms with Crippen LogP contribution in [0.2, 0.25) is 0 Å². The van der Waals surface area contributed by atoms with Crippen LogP contribution in [0.25, 0.3) is 11.0 Å². The lowest BCUT2D eigenvalue weighted by atomic mass is 10.2. The van der Waals surface area contributed by atoms with E-state index in [2.05, 4.69) is 27.2 Å². The summed E-state index contributed by atoms with van der Waals surface area (Å²) in [4.78, 5) is 4.35. The van der Waals surface area contributed by atoms with E-state index in [1.54, 1.807) is 6.07 Å². The highest BCUT2D eigenvalue weighted by atomic mass is 79.9. The number of anilines is 1. The van der Waals surface area contributed by atoms with Crippen molar-refractivity contribution >= 4 is 44.7 Å². The number of halogens is 2. The second kappa shape index (κ2) is 4.98. The van der Waals surface area contributed by atoms with Crippen molar-refractivity contribution in [2.45, 2.75) is 30.6 Å². The molecule has 2 unspecified atom stereocenters. The fourth-order valence-corrected chi connectivity index (χ4v) is 3.98. The molecule has 0 aliphatic heterocycles. The average Bonchev–Trinajstić information content (AvgIpc) is 2.94. The molecular formula is C13H15BrFN3S. The van der Waals surface area contributed by atoms with E-state index in [1.165, 1.54) is 12.5 Å². The zero-order valence-electron chi connectivity index (χ0n) is 10.6. The SMILES string of the molecule is CSC1CCC(n2c(N)nc3cc(Br)c(F)cc32)C1. The van der Waals surface area contributed by atoms with Gasteiger partial charge in [0.05, 0.1) is 15.5 Å². The van der Waals surface area contributed by atoms with Crippen LogP contribution >= 0.6 is 27.7 Å². The number of hydrogen-bond acceptors (Lipinski definition) is 3. The number of nitrogen functional groups attached to an aromatic ring is 1. The molecule has 2 aromatic rings. The lowest BCUT2D eigenvalue weighted by molar-refractivity contribution is 0.539. The third-order valence-corrected chi connectivity index (χ3v) is 5.52. The van der Waals surface area contributed by atoms with E-state index in [0.717, 1.165) is 23.9 Å². The molecule has 0 bridgehead atoms. The van der Waals surface area contributed by atoms with Gasteiger partial charge in [0.25, 0.3) is 0 Å². The zero-order valence-corrected chi connectivity index (χ0v) is 13.0. The van der Waals surface area contributed by atoms with E-state index < -0.39 is 0 Å². The van der Waals surface area contributed by atoms with Crippen molar-refractivity contribution in [2.75, 3.05) is 12.0 Å². The predicted molar refractivity (Wildman–Crippen MR) is 82.0 cm³/mol. The summed E-state index contributed by atoms with van der Waals surface area (Å²) in [5.41, 5.74) is 7.57. The Labute approximate surface area is 123 Å². The summed E-state index contributed by atoms with van der Waals surface area (Å²) in [5, 5.41) is 0.669. The first-order valence-corrected chi connectivity index (χ1v) is 8.33. The predicted octanol–water partition coefficient (Wildman–Crippen LogP) is 3.98. The van der Waals surface area contributed by atoms with Gasteiger partial charge in [0.1, 0.15) is 5.82 Å². The number of benzene rings is 1. The molecule has 102 valence electrons. The molecule has 3 nitrogen and oxygen atoms in total. The van der Waals surface area contributed by atoms with Gasteiger partial charge in [0, 0.05) is 17.4 Å². The van der Waals surface area contributed by atoms with E-state index >= 15 is 0 Å². The van der Waals surface area contributed by atoms with Gasteiger partial charge in [-0.15, -0.1) is 0 Å². The second-order valence-corrected chi connectivity index (χ2v) is 6.91. The van der Waals surface area contributed by atoms with E-state index in [9.17, 15) is 4.39 Å². The maximum Gasteiger partial charge on any atom is 0.201 e. The molecule has 1 fully saturated rings. The number of aromatic nitrogens is 2. The molecule has 6 heteroatoms. The van der Waals surface area contributed by atoms with E-state index in [-0.39, 0.29) is 5.82 Å². The molecule has 1 heterocycles. The average molecular weight is 344 g/mol.